The molecule has 0 bridgehead atoms. The summed E-state index contributed by atoms with van der Waals surface area (Å²) in [6, 6.07) is 15.9. The minimum Gasteiger partial charge on any atom is -0.382 e. The lowest BCUT2D eigenvalue weighted by atomic mass is 9.97. The molecule has 0 spiro atoms. The minimum absolute atomic E-state index is 0.430. The molecule has 1 nitrogen and oxygen atoms in total. The molecule has 1 fully saturated rings. The van der Waals surface area contributed by atoms with E-state index in [9.17, 15) is 13.2 Å². The summed E-state index contributed by atoms with van der Waals surface area (Å²) in [7, 11) is 0. The van der Waals surface area contributed by atoms with E-state index in [0.717, 1.165) is 36.2 Å². The molecule has 1 aliphatic rings. The van der Waals surface area contributed by atoms with Gasteiger partial charge in [0.15, 0.2) is 0 Å². The molecule has 4 heteroatoms. The van der Waals surface area contributed by atoms with Crippen LogP contribution >= 0.6 is 0 Å². The normalized spacial score (nSPS) is 23.9. The number of halogens is 3. The molecule has 0 amide bonds. The number of allylic oxidation sites excluding steroid dienone is 1. The average Bonchev–Trinajstić information content (AvgIpc) is 2.93. The van der Waals surface area contributed by atoms with Gasteiger partial charge in [-0.05, 0) is 54.5 Å². The molecule has 1 N–H and O–H groups in total. The van der Waals surface area contributed by atoms with E-state index in [4.69, 9.17) is 0 Å². The highest BCUT2D eigenvalue weighted by atomic mass is 19.4. The van der Waals surface area contributed by atoms with E-state index in [2.05, 4.69) is 30.4 Å². The van der Waals surface area contributed by atoms with Gasteiger partial charge in [-0.2, -0.15) is 13.2 Å². The van der Waals surface area contributed by atoms with E-state index in [1.165, 1.54) is 12.1 Å². The average molecular weight is 345 g/mol. The van der Waals surface area contributed by atoms with Crippen molar-refractivity contribution in [1.29, 1.82) is 0 Å². The van der Waals surface area contributed by atoms with Gasteiger partial charge in [-0.15, -0.1) is 0 Å². The fourth-order valence-electron chi connectivity index (χ4n) is 3.45. The maximum Gasteiger partial charge on any atom is 0.416 e. The number of para-hydroxylation sites is 1. The monoisotopic (exact) mass is 345 g/mol. The zero-order valence-electron chi connectivity index (χ0n) is 14.1. The molecule has 0 heterocycles. The van der Waals surface area contributed by atoms with E-state index in [-0.39, 0.29) is 0 Å². The Hall–Kier alpha value is -2.23. The van der Waals surface area contributed by atoms with Crippen LogP contribution in [0.2, 0.25) is 0 Å². The van der Waals surface area contributed by atoms with Gasteiger partial charge in [-0.1, -0.05) is 49.4 Å². The molecule has 0 aliphatic heterocycles. The van der Waals surface area contributed by atoms with Gasteiger partial charge in [0, 0.05) is 11.7 Å². The number of anilines is 1. The van der Waals surface area contributed by atoms with Crippen molar-refractivity contribution in [2.45, 2.75) is 32.0 Å². The zero-order chi connectivity index (χ0) is 17.9. The van der Waals surface area contributed by atoms with Crippen LogP contribution in [0, 0.1) is 11.8 Å². The summed E-state index contributed by atoms with van der Waals surface area (Å²) in [4.78, 5) is 0. The summed E-state index contributed by atoms with van der Waals surface area (Å²) >= 11 is 0. The van der Waals surface area contributed by atoms with Crippen LogP contribution in [0.25, 0.3) is 6.08 Å². The molecule has 132 valence electrons. The second-order valence-electron chi connectivity index (χ2n) is 6.80. The Morgan fingerprint density at radius 2 is 1.64 bits per heavy atom. The molecule has 0 radical (unpaired) electrons. The van der Waals surface area contributed by atoms with Gasteiger partial charge >= 0.3 is 6.18 Å². The first-order valence-electron chi connectivity index (χ1n) is 8.59. The Kier molecular flexibility index (Phi) is 5.16. The first-order chi connectivity index (χ1) is 11.9. The van der Waals surface area contributed by atoms with Gasteiger partial charge in [0.25, 0.3) is 0 Å². The van der Waals surface area contributed by atoms with Crippen molar-refractivity contribution in [2.24, 2.45) is 11.8 Å². The van der Waals surface area contributed by atoms with Crippen molar-refractivity contribution in [1.82, 2.24) is 0 Å². The maximum atomic E-state index is 12.6. The maximum absolute atomic E-state index is 12.6. The molecule has 3 unspecified atom stereocenters. The molecular weight excluding hydrogens is 323 g/mol. The largest absolute Gasteiger partial charge is 0.416 e. The highest BCUT2D eigenvalue weighted by molar-refractivity contribution is 5.50. The first kappa shape index (κ1) is 17.6. The predicted octanol–water partition coefficient (Wildman–Crippen LogP) is 6.25. The fourth-order valence-corrected chi connectivity index (χ4v) is 3.45. The van der Waals surface area contributed by atoms with Crippen molar-refractivity contribution in [3.63, 3.8) is 0 Å². The molecular formula is C21H22F3N. The summed E-state index contributed by atoms with van der Waals surface area (Å²) in [5, 5.41) is 3.56. The number of rotatable bonds is 4. The van der Waals surface area contributed by atoms with Gasteiger partial charge in [0.2, 0.25) is 0 Å². The van der Waals surface area contributed by atoms with Crippen LogP contribution in [0.3, 0.4) is 0 Å². The van der Waals surface area contributed by atoms with Crippen molar-refractivity contribution in [3.05, 3.63) is 71.8 Å². The van der Waals surface area contributed by atoms with Gasteiger partial charge in [-0.25, -0.2) is 0 Å². The van der Waals surface area contributed by atoms with Gasteiger partial charge in [-0.3, -0.25) is 0 Å². The number of hydrogen-bond donors (Lipinski definition) is 1. The smallest absolute Gasteiger partial charge is 0.382 e. The lowest BCUT2D eigenvalue weighted by Crippen LogP contribution is -2.15. The van der Waals surface area contributed by atoms with Crippen molar-refractivity contribution >= 4 is 11.8 Å². The fraction of sp³-hybridized carbons (Fsp3) is 0.333. The van der Waals surface area contributed by atoms with Crippen molar-refractivity contribution in [3.8, 4) is 0 Å². The molecule has 2 aromatic rings. The Bertz CT molecular complexity index is 704. The number of nitrogens with one attached hydrogen (secondary N) is 1. The third kappa shape index (κ3) is 4.65. The molecule has 0 saturated heterocycles. The Morgan fingerprint density at radius 1 is 0.960 bits per heavy atom. The van der Waals surface area contributed by atoms with Crippen LogP contribution in [0.1, 0.15) is 30.9 Å². The molecule has 0 aromatic heterocycles. The second kappa shape index (κ2) is 7.34. The first-order valence-corrected chi connectivity index (χ1v) is 8.59. The Morgan fingerprint density at radius 3 is 2.28 bits per heavy atom. The standard InChI is InChI=1S/C21H22F3N/c1-15-13-20(25-19-5-3-2-4-6-19)14-17(15)10-7-16-8-11-18(12-9-16)21(22,23)24/h2-12,15,17,20,25H,13-14H2,1H3. The Balaban J connectivity index is 1.60. The molecule has 1 saturated carbocycles. The third-order valence-corrected chi connectivity index (χ3v) is 4.86. The van der Waals surface area contributed by atoms with E-state index in [1.807, 2.05) is 24.3 Å². The number of benzene rings is 2. The lowest BCUT2D eigenvalue weighted by Gasteiger charge is -2.13. The van der Waals surface area contributed by atoms with Crippen LogP contribution in [-0.2, 0) is 6.18 Å². The van der Waals surface area contributed by atoms with Gasteiger partial charge in [0.1, 0.15) is 0 Å². The van der Waals surface area contributed by atoms with Gasteiger partial charge < -0.3 is 5.32 Å². The predicted molar refractivity (Wildman–Crippen MR) is 96.2 cm³/mol. The summed E-state index contributed by atoms with van der Waals surface area (Å²) in [6.07, 6.45) is 1.93. The van der Waals surface area contributed by atoms with Crippen LogP contribution in [0.5, 0.6) is 0 Å². The SMILES string of the molecule is CC1CC(Nc2ccccc2)CC1C=Cc1ccc(C(F)(F)F)cc1. The van der Waals surface area contributed by atoms with E-state index in [0.29, 0.717) is 17.9 Å². The summed E-state index contributed by atoms with van der Waals surface area (Å²) in [5.74, 6) is 0.982. The molecule has 25 heavy (non-hydrogen) atoms. The summed E-state index contributed by atoms with van der Waals surface area (Å²) < 4.78 is 37.8. The minimum atomic E-state index is -4.28. The topological polar surface area (TPSA) is 12.0 Å². The third-order valence-electron chi connectivity index (χ3n) is 4.86. The van der Waals surface area contributed by atoms with E-state index < -0.39 is 11.7 Å². The number of alkyl halides is 3. The summed E-state index contributed by atoms with van der Waals surface area (Å²) in [5.41, 5.74) is 1.33. The van der Waals surface area contributed by atoms with Crippen LogP contribution < -0.4 is 5.32 Å². The Labute approximate surface area is 146 Å². The van der Waals surface area contributed by atoms with E-state index in [1.54, 1.807) is 0 Å². The van der Waals surface area contributed by atoms with E-state index >= 15 is 0 Å². The molecule has 2 aromatic carbocycles. The zero-order valence-corrected chi connectivity index (χ0v) is 14.1. The van der Waals surface area contributed by atoms with Crippen molar-refractivity contribution in [2.75, 3.05) is 5.32 Å². The quantitative estimate of drug-likeness (QED) is 0.691. The lowest BCUT2D eigenvalue weighted by molar-refractivity contribution is -0.137. The molecule has 3 atom stereocenters. The van der Waals surface area contributed by atoms with Crippen LogP contribution in [0.4, 0.5) is 18.9 Å². The second-order valence-corrected chi connectivity index (χ2v) is 6.80. The van der Waals surface area contributed by atoms with Gasteiger partial charge in [0.05, 0.1) is 5.56 Å². The summed E-state index contributed by atoms with van der Waals surface area (Å²) in [6.45, 7) is 2.23. The van der Waals surface area contributed by atoms with Crippen molar-refractivity contribution < 1.29 is 13.2 Å². The highest BCUT2D eigenvalue weighted by Gasteiger charge is 2.30. The van der Waals surface area contributed by atoms with Crippen LogP contribution in [-0.4, -0.2) is 6.04 Å². The molecule has 3 rings (SSSR count). The number of hydrogen-bond acceptors (Lipinski definition) is 1. The molecule has 1 aliphatic carbocycles. The van der Waals surface area contributed by atoms with Crippen LogP contribution in [0.15, 0.2) is 60.7 Å². The highest BCUT2D eigenvalue weighted by Crippen LogP contribution is 2.35.